The third kappa shape index (κ3) is 4.86. The van der Waals surface area contributed by atoms with Crippen molar-refractivity contribution in [3.63, 3.8) is 0 Å². The molecule has 0 aliphatic heterocycles. The molecule has 0 atom stereocenters. The second-order valence-corrected chi connectivity index (χ2v) is 5.81. The van der Waals surface area contributed by atoms with Crippen molar-refractivity contribution in [3.05, 3.63) is 56.0 Å². The van der Waals surface area contributed by atoms with Crippen LogP contribution in [-0.4, -0.2) is 9.97 Å². The van der Waals surface area contributed by atoms with Crippen LogP contribution in [0.5, 0.6) is 0 Å². The lowest BCUT2D eigenvalue weighted by atomic mass is 10.2. The maximum atomic E-state index is 4.06. The fraction of sp³-hybridized carbons (Fsp3) is 0.286. The van der Waals surface area contributed by atoms with Crippen LogP contribution >= 0.6 is 31.9 Å². The number of nitrogens with zero attached hydrogens (tertiary/aromatic N) is 2. The zero-order valence-electron chi connectivity index (χ0n) is 11.0. The maximum absolute atomic E-state index is 4.06. The topological polar surface area (TPSA) is 25.8 Å². The van der Waals surface area contributed by atoms with Crippen LogP contribution in [0.15, 0.2) is 33.7 Å². The molecule has 2 heterocycles. The van der Waals surface area contributed by atoms with Crippen molar-refractivity contribution in [2.24, 2.45) is 0 Å². The number of aryl methyl sites for hydroxylation is 4. The lowest BCUT2D eigenvalue weighted by Gasteiger charge is -1.96. The molecule has 0 fully saturated rings. The van der Waals surface area contributed by atoms with E-state index in [1.54, 1.807) is 0 Å². The van der Waals surface area contributed by atoms with Crippen LogP contribution < -0.4 is 0 Å². The zero-order chi connectivity index (χ0) is 13.7. The van der Waals surface area contributed by atoms with Crippen molar-refractivity contribution >= 4 is 31.9 Å². The van der Waals surface area contributed by atoms with Crippen molar-refractivity contribution in [2.45, 2.75) is 27.7 Å². The molecule has 2 nitrogen and oxygen atoms in total. The summed E-state index contributed by atoms with van der Waals surface area (Å²) >= 11 is 6.57. The van der Waals surface area contributed by atoms with Gasteiger partial charge in [-0.3, -0.25) is 0 Å². The van der Waals surface area contributed by atoms with E-state index in [1.165, 1.54) is 22.3 Å². The molecule has 18 heavy (non-hydrogen) atoms. The zero-order valence-corrected chi connectivity index (χ0v) is 14.1. The quantitative estimate of drug-likeness (QED) is 0.614. The molecule has 4 heteroatoms. The number of halogens is 2. The van der Waals surface area contributed by atoms with E-state index in [0.29, 0.717) is 0 Å². The molecular weight excluding hydrogens is 356 g/mol. The molecule has 0 unspecified atom stereocenters. The van der Waals surface area contributed by atoms with E-state index in [4.69, 9.17) is 0 Å². The predicted octanol–water partition coefficient (Wildman–Crippen LogP) is 4.92. The Bertz CT molecular complexity index is 490. The summed E-state index contributed by atoms with van der Waals surface area (Å²) in [6.07, 6.45) is 3.72. The Morgan fingerprint density at radius 1 is 0.667 bits per heavy atom. The Hall–Kier alpha value is -0.740. The Morgan fingerprint density at radius 3 is 1.22 bits per heavy atom. The fourth-order valence-electron chi connectivity index (χ4n) is 1.18. The Morgan fingerprint density at radius 2 is 1.00 bits per heavy atom. The fourth-order valence-corrected chi connectivity index (χ4v) is 2.07. The smallest absolute Gasteiger partial charge is 0.106 e. The van der Waals surface area contributed by atoms with Crippen LogP contribution in [0, 0.1) is 27.7 Å². The second-order valence-electron chi connectivity index (χ2n) is 4.18. The van der Waals surface area contributed by atoms with E-state index in [-0.39, 0.29) is 0 Å². The molecule has 2 aromatic heterocycles. The Balaban J connectivity index is 0.000000180. The van der Waals surface area contributed by atoms with E-state index in [0.717, 1.165) is 9.21 Å². The number of pyridine rings is 2. The average molecular weight is 372 g/mol. The molecule has 0 radical (unpaired) electrons. The highest BCUT2D eigenvalue weighted by Crippen LogP contribution is 2.11. The second kappa shape index (κ2) is 7.00. The van der Waals surface area contributed by atoms with Gasteiger partial charge in [-0.25, -0.2) is 9.97 Å². The van der Waals surface area contributed by atoms with Gasteiger partial charge < -0.3 is 0 Å². The van der Waals surface area contributed by atoms with Crippen molar-refractivity contribution < 1.29 is 0 Å². The van der Waals surface area contributed by atoms with Crippen LogP contribution in [-0.2, 0) is 0 Å². The first-order valence-electron chi connectivity index (χ1n) is 5.57. The van der Waals surface area contributed by atoms with Crippen molar-refractivity contribution in [3.8, 4) is 0 Å². The summed E-state index contributed by atoms with van der Waals surface area (Å²) in [7, 11) is 0. The van der Waals surface area contributed by atoms with E-state index in [9.17, 15) is 0 Å². The van der Waals surface area contributed by atoms with E-state index in [1.807, 2.05) is 24.5 Å². The normalized spacial score (nSPS) is 9.67. The van der Waals surface area contributed by atoms with Gasteiger partial charge in [-0.2, -0.15) is 0 Å². The minimum absolute atomic E-state index is 0.908. The standard InChI is InChI=1S/2C7H8BrN/c2*1-5-3-7(8)9-4-6(5)2/h2*3-4H,1-2H3. The molecule has 0 saturated carbocycles. The summed E-state index contributed by atoms with van der Waals surface area (Å²) in [5.41, 5.74) is 5.02. The largest absolute Gasteiger partial charge is 0.249 e. The molecule has 0 aliphatic carbocycles. The number of hydrogen-bond acceptors (Lipinski definition) is 2. The first-order valence-corrected chi connectivity index (χ1v) is 7.16. The minimum Gasteiger partial charge on any atom is -0.249 e. The highest BCUT2D eigenvalue weighted by Gasteiger charge is 1.92. The van der Waals surface area contributed by atoms with Crippen molar-refractivity contribution in [1.29, 1.82) is 0 Å². The third-order valence-corrected chi connectivity index (χ3v) is 3.55. The highest BCUT2D eigenvalue weighted by atomic mass is 79.9. The predicted molar refractivity (Wildman–Crippen MR) is 82.8 cm³/mol. The van der Waals surface area contributed by atoms with Gasteiger partial charge in [0.1, 0.15) is 9.21 Å². The van der Waals surface area contributed by atoms with Crippen LogP contribution in [0.2, 0.25) is 0 Å². The Labute approximate surface area is 125 Å². The highest BCUT2D eigenvalue weighted by molar-refractivity contribution is 9.10. The van der Waals surface area contributed by atoms with Gasteiger partial charge in [0.15, 0.2) is 0 Å². The molecule has 2 aromatic rings. The van der Waals surface area contributed by atoms with Gasteiger partial charge >= 0.3 is 0 Å². The number of rotatable bonds is 0. The van der Waals surface area contributed by atoms with Crippen LogP contribution in [0.3, 0.4) is 0 Å². The van der Waals surface area contributed by atoms with Gasteiger partial charge in [-0.15, -0.1) is 0 Å². The summed E-state index contributed by atoms with van der Waals surface area (Å²) in [4.78, 5) is 8.11. The summed E-state index contributed by atoms with van der Waals surface area (Å²) in [6, 6.07) is 4.02. The van der Waals surface area contributed by atoms with Crippen molar-refractivity contribution in [1.82, 2.24) is 9.97 Å². The number of hydrogen-bond donors (Lipinski definition) is 0. The van der Waals surface area contributed by atoms with E-state index in [2.05, 4.69) is 69.5 Å². The van der Waals surface area contributed by atoms with Crippen molar-refractivity contribution in [2.75, 3.05) is 0 Å². The first-order chi connectivity index (χ1) is 8.40. The lowest BCUT2D eigenvalue weighted by Crippen LogP contribution is -1.82. The molecule has 96 valence electrons. The van der Waals surface area contributed by atoms with Gasteiger partial charge in [-0.05, 0) is 93.9 Å². The third-order valence-electron chi connectivity index (χ3n) is 2.68. The number of aromatic nitrogens is 2. The average Bonchev–Trinajstić information content (AvgIpc) is 2.30. The van der Waals surface area contributed by atoms with Gasteiger partial charge in [0, 0.05) is 12.4 Å². The summed E-state index contributed by atoms with van der Waals surface area (Å²) in [5.74, 6) is 0. The molecule has 0 amide bonds. The molecule has 0 spiro atoms. The van der Waals surface area contributed by atoms with Crippen LogP contribution in [0.25, 0.3) is 0 Å². The monoisotopic (exact) mass is 370 g/mol. The van der Waals surface area contributed by atoms with E-state index < -0.39 is 0 Å². The van der Waals surface area contributed by atoms with Gasteiger partial charge in [-0.1, -0.05) is 0 Å². The molecule has 0 saturated heterocycles. The van der Waals surface area contributed by atoms with Crippen LogP contribution in [0.1, 0.15) is 22.3 Å². The molecule has 0 N–H and O–H groups in total. The summed E-state index contributed by atoms with van der Waals surface area (Å²) in [5, 5.41) is 0. The van der Waals surface area contributed by atoms with Gasteiger partial charge in [0.05, 0.1) is 0 Å². The first kappa shape index (κ1) is 15.3. The lowest BCUT2D eigenvalue weighted by molar-refractivity contribution is 1.18. The molecule has 0 bridgehead atoms. The molecular formula is C14H16Br2N2. The van der Waals surface area contributed by atoms with Crippen LogP contribution in [0.4, 0.5) is 0 Å². The maximum Gasteiger partial charge on any atom is 0.106 e. The SMILES string of the molecule is Cc1cnc(Br)cc1C.Cc1cnc(Br)cc1C. The molecule has 0 aromatic carbocycles. The Kier molecular flexibility index (Phi) is 5.96. The van der Waals surface area contributed by atoms with E-state index >= 15 is 0 Å². The summed E-state index contributed by atoms with van der Waals surface area (Å²) in [6.45, 7) is 8.24. The van der Waals surface area contributed by atoms with Gasteiger partial charge in [0.25, 0.3) is 0 Å². The molecule has 2 rings (SSSR count). The minimum atomic E-state index is 0.908. The molecule has 0 aliphatic rings. The van der Waals surface area contributed by atoms with Gasteiger partial charge in [0.2, 0.25) is 0 Å². The summed E-state index contributed by atoms with van der Waals surface area (Å²) < 4.78 is 1.82.